The molecule has 0 saturated heterocycles. The van der Waals surface area contributed by atoms with Crippen LogP contribution in [-0.4, -0.2) is 11.9 Å². The van der Waals surface area contributed by atoms with E-state index in [2.05, 4.69) is 13.8 Å². The van der Waals surface area contributed by atoms with Gasteiger partial charge in [0.1, 0.15) is 0 Å². The van der Waals surface area contributed by atoms with E-state index in [1.54, 1.807) is 0 Å². The molecule has 0 fully saturated rings. The number of carboxylic acids is 2. The van der Waals surface area contributed by atoms with Crippen LogP contribution in [0.5, 0.6) is 0 Å². The topological polar surface area (TPSA) is 80.3 Å². The van der Waals surface area contributed by atoms with E-state index in [1.807, 2.05) is 0 Å². The van der Waals surface area contributed by atoms with Crippen molar-refractivity contribution >= 4 is 11.9 Å². The minimum Gasteiger partial charge on any atom is -0.545 e. The average Bonchev–Trinajstić information content (AvgIpc) is 2.42. The van der Waals surface area contributed by atoms with Gasteiger partial charge in [-0.25, -0.2) is 0 Å². The molecule has 0 atom stereocenters. The van der Waals surface area contributed by atoms with Gasteiger partial charge in [-0.05, 0) is 48.9 Å². The number of carbonyl (C=O) groups is 2. The van der Waals surface area contributed by atoms with E-state index in [0.29, 0.717) is 0 Å². The van der Waals surface area contributed by atoms with Crippen LogP contribution in [0, 0.1) is 0 Å². The Balaban J connectivity index is 0.00000400. The van der Waals surface area contributed by atoms with Crippen molar-refractivity contribution in [1.82, 2.24) is 0 Å². The summed E-state index contributed by atoms with van der Waals surface area (Å²) in [5, 5.41) is 22.2. The van der Waals surface area contributed by atoms with Crippen LogP contribution in [0.1, 0.15) is 71.4 Å². The van der Waals surface area contributed by atoms with Gasteiger partial charge in [-0.1, -0.05) is 26.7 Å². The third kappa shape index (κ3) is 5.58. The Morgan fingerprint density at radius 1 is 0.857 bits per heavy atom. The first-order valence-corrected chi connectivity index (χ1v) is 7.09. The Labute approximate surface area is 138 Å². The molecule has 0 radical (unpaired) electrons. The summed E-state index contributed by atoms with van der Waals surface area (Å²) in [5.41, 5.74) is 1.25. The molecule has 5 heteroatoms. The number of unbranched alkanes of at least 4 members (excludes halogenated alkanes) is 2. The molecule has 1 aromatic carbocycles. The monoisotopic (exact) mass is 340 g/mol. The zero-order chi connectivity index (χ0) is 15.1. The molecule has 0 amide bonds. The number of aryl methyl sites for hydroxylation is 2. The predicted molar refractivity (Wildman–Crippen MR) is 72.3 cm³/mol. The van der Waals surface area contributed by atoms with Crippen molar-refractivity contribution in [3.8, 4) is 0 Å². The first-order valence-electron chi connectivity index (χ1n) is 7.09. The second-order valence-corrected chi connectivity index (χ2v) is 4.95. The predicted octanol–water partition coefficient (Wildman–Crippen LogP) is 1.10. The Hall–Kier alpha value is -1.22. The summed E-state index contributed by atoms with van der Waals surface area (Å²) in [7, 11) is 0. The van der Waals surface area contributed by atoms with Gasteiger partial charge < -0.3 is 19.8 Å². The summed E-state index contributed by atoms with van der Waals surface area (Å²) in [6, 6.07) is 2.89. The summed E-state index contributed by atoms with van der Waals surface area (Å²) in [4.78, 5) is 22.2. The van der Waals surface area contributed by atoms with Crippen LogP contribution in [0.15, 0.2) is 12.1 Å². The zero-order valence-electron chi connectivity index (χ0n) is 12.7. The van der Waals surface area contributed by atoms with Gasteiger partial charge in [-0.2, -0.15) is 0 Å². The van der Waals surface area contributed by atoms with Crippen LogP contribution in [-0.2, 0) is 32.3 Å². The van der Waals surface area contributed by atoms with Gasteiger partial charge in [0.2, 0.25) is 0 Å². The molecule has 110 valence electrons. The van der Waals surface area contributed by atoms with E-state index < -0.39 is 11.9 Å². The van der Waals surface area contributed by atoms with Crippen molar-refractivity contribution in [2.24, 2.45) is 0 Å². The molecule has 0 bridgehead atoms. The molecule has 0 spiro atoms. The summed E-state index contributed by atoms with van der Waals surface area (Å²) >= 11 is 0. The molecule has 21 heavy (non-hydrogen) atoms. The molecule has 0 aliphatic heterocycles. The third-order valence-corrected chi connectivity index (χ3v) is 3.38. The quantitative estimate of drug-likeness (QED) is 0.663. The molecular weight excluding hydrogens is 322 g/mol. The minimum atomic E-state index is -1.47. The van der Waals surface area contributed by atoms with Gasteiger partial charge in [0.05, 0.1) is 11.9 Å². The standard InChI is InChI=1S/C16H22O4.Zn/c1-3-5-7-11-9-13(15(17)18)14(16(19)20)10-12(11)8-6-4-2;/h9-10H,3-8H2,1-2H3,(H,17,18)(H,19,20);/q;+2/p-2. The second-order valence-electron chi connectivity index (χ2n) is 4.95. The molecule has 0 aliphatic rings. The molecule has 0 aromatic heterocycles. The fraction of sp³-hybridized carbons (Fsp3) is 0.500. The Bertz CT molecular complexity index is 452. The SMILES string of the molecule is CCCCc1cc(C(=O)[O-])c(C(=O)[O-])cc1CCCC.[Zn+2]. The Kier molecular flexibility index (Phi) is 9.11. The number of hydrogen-bond donors (Lipinski definition) is 0. The number of carbonyl (C=O) groups excluding carboxylic acids is 2. The number of rotatable bonds is 8. The van der Waals surface area contributed by atoms with Crippen molar-refractivity contribution in [3.05, 3.63) is 34.4 Å². The average molecular weight is 342 g/mol. The summed E-state index contributed by atoms with van der Waals surface area (Å²) in [6.07, 6.45) is 5.38. The maximum Gasteiger partial charge on any atom is 2.00 e. The smallest absolute Gasteiger partial charge is 0.545 e. The summed E-state index contributed by atoms with van der Waals surface area (Å²) < 4.78 is 0. The maximum absolute atomic E-state index is 11.1. The van der Waals surface area contributed by atoms with Crippen molar-refractivity contribution in [2.45, 2.75) is 52.4 Å². The summed E-state index contributed by atoms with van der Waals surface area (Å²) in [5.74, 6) is -2.94. The number of aromatic carboxylic acids is 2. The van der Waals surface area contributed by atoms with E-state index >= 15 is 0 Å². The van der Waals surface area contributed by atoms with Crippen molar-refractivity contribution < 1.29 is 39.3 Å². The van der Waals surface area contributed by atoms with E-state index in [1.165, 1.54) is 12.1 Å². The summed E-state index contributed by atoms with van der Waals surface area (Å²) in [6.45, 7) is 4.11. The fourth-order valence-electron chi connectivity index (χ4n) is 2.23. The van der Waals surface area contributed by atoms with E-state index in [0.717, 1.165) is 49.7 Å². The number of benzene rings is 1. The van der Waals surface area contributed by atoms with Crippen LogP contribution in [0.3, 0.4) is 0 Å². The van der Waals surface area contributed by atoms with Gasteiger partial charge in [0.25, 0.3) is 0 Å². The molecule has 0 heterocycles. The van der Waals surface area contributed by atoms with Crippen LogP contribution >= 0.6 is 0 Å². The van der Waals surface area contributed by atoms with E-state index in [4.69, 9.17) is 0 Å². The van der Waals surface area contributed by atoms with Gasteiger partial charge in [-0.15, -0.1) is 0 Å². The molecular formula is C16H20O4Zn. The molecule has 0 saturated carbocycles. The van der Waals surface area contributed by atoms with Gasteiger partial charge in [0.15, 0.2) is 0 Å². The molecule has 0 unspecified atom stereocenters. The normalized spacial score (nSPS) is 10.0. The van der Waals surface area contributed by atoms with Crippen molar-refractivity contribution in [2.75, 3.05) is 0 Å². The largest absolute Gasteiger partial charge is 2.00 e. The van der Waals surface area contributed by atoms with E-state index in [-0.39, 0.29) is 30.6 Å². The maximum atomic E-state index is 11.1. The van der Waals surface area contributed by atoms with Gasteiger partial charge in [-0.3, -0.25) is 0 Å². The van der Waals surface area contributed by atoms with Crippen molar-refractivity contribution in [1.29, 1.82) is 0 Å². The van der Waals surface area contributed by atoms with Crippen LogP contribution in [0.4, 0.5) is 0 Å². The van der Waals surface area contributed by atoms with Gasteiger partial charge in [0, 0.05) is 11.1 Å². The zero-order valence-corrected chi connectivity index (χ0v) is 15.7. The number of hydrogen-bond acceptors (Lipinski definition) is 4. The Morgan fingerprint density at radius 3 is 1.43 bits per heavy atom. The molecule has 0 N–H and O–H groups in total. The molecule has 1 rings (SSSR count). The first-order chi connectivity index (χ1) is 9.51. The fourth-order valence-corrected chi connectivity index (χ4v) is 2.23. The molecule has 4 nitrogen and oxygen atoms in total. The van der Waals surface area contributed by atoms with Gasteiger partial charge >= 0.3 is 19.5 Å². The Morgan fingerprint density at radius 2 is 1.19 bits per heavy atom. The minimum absolute atomic E-state index is 0. The molecule has 1 aromatic rings. The van der Waals surface area contributed by atoms with E-state index in [9.17, 15) is 19.8 Å². The second kappa shape index (κ2) is 9.67. The first kappa shape index (κ1) is 19.8. The van der Waals surface area contributed by atoms with Crippen LogP contribution in [0.2, 0.25) is 0 Å². The van der Waals surface area contributed by atoms with Crippen LogP contribution in [0.25, 0.3) is 0 Å². The third-order valence-electron chi connectivity index (χ3n) is 3.38. The number of carboxylic acid groups (broad SMARTS) is 2. The van der Waals surface area contributed by atoms with Crippen molar-refractivity contribution in [3.63, 3.8) is 0 Å². The molecule has 0 aliphatic carbocycles. The van der Waals surface area contributed by atoms with Crippen LogP contribution < -0.4 is 10.2 Å².